The normalized spacial score (nSPS) is 10.7. The number of nitriles is 1. The van der Waals surface area contributed by atoms with Gasteiger partial charge < -0.3 is 4.90 Å². The van der Waals surface area contributed by atoms with Crippen molar-refractivity contribution in [3.63, 3.8) is 0 Å². The second-order valence-corrected chi connectivity index (χ2v) is 5.31. The Morgan fingerprint density at radius 3 is 2.09 bits per heavy atom. The van der Waals surface area contributed by atoms with Gasteiger partial charge in [0.1, 0.15) is 11.6 Å². The van der Waals surface area contributed by atoms with Gasteiger partial charge in [0.05, 0.1) is 0 Å². The average molecular weight is 302 g/mol. The molecule has 0 aliphatic carbocycles. The molecule has 0 aromatic heterocycles. The van der Waals surface area contributed by atoms with Gasteiger partial charge in [-0.3, -0.25) is 4.79 Å². The number of benzene rings is 2. The predicted molar refractivity (Wildman–Crippen MR) is 95.2 cm³/mol. The summed E-state index contributed by atoms with van der Waals surface area (Å²) < 4.78 is 0. The van der Waals surface area contributed by atoms with Gasteiger partial charge in [-0.25, -0.2) is 0 Å². The molecular formula is C20H18N2O. The first kappa shape index (κ1) is 16.3. The van der Waals surface area contributed by atoms with Crippen molar-refractivity contribution in [3.05, 3.63) is 77.4 Å². The average Bonchev–Trinajstić information content (AvgIpc) is 2.59. The second-order valence-electron chi connectivity index (χ2n) is 5.31. The summed E-state index contributed by atoms with van der Waals surface area (Å²) in [6, 6.07) is 16.7. The minimum absolute atomic E-state index is 0.119. The molecule has 3 heteroatoms. The molecule has 0 atom stereocenters. The van der Waals surface area contributed by atoms with E-state index in [9.17, 15) is 10.1 Å². The highest BCUT2D eigenvalue weighted by Gasteiger charge is 2.12. The molecule has 114 valence electrons. The highest BCUT2D eigenvalue weighted by Crippen LogP contribution is 2.17. The van der Waals surface area contributed by atoms with E-state index in [1.165, 1.54) is 0 Å². The third-order valence-electron chi connectivity index (χ3n) is 3.49. The number of rotatable bonds is 5. The van der Waals surface area contributed by atoms with E-state index in [0.29, 0.717) is 5.56 Å². The SMILES string of the molecule is C=Cc1ccc(C(=O)C(C#N)=Cc2ccc(N(C)C)cc2)cc1. The zero-order chi connectivity index (χ0) is 16.8. The van der Waals surface area contributed by atoms with Crippen molar-refractivity contribution in [2.24, 2.45) is 0 Å². The minimum atomic E-state index is -0.278. The number of nitrogens with zero attached hydrogens (tertiary/aromatic N) is 2. The van der Waals surface area contributed by atoms with Crippen LogP contribution in [0.2, 0.25) is 0 Å². The maximum absolute atomic E-state index is 12.4. The van der Waals surface area contributed by atoms with Crippen LogP contribution < -0.4 is 4.90 Å². The number of carbonyl (C=O) groups is 1. The van der Waals surface area contributed by atoms with E-state index >= 15 is 0 Å². The summed E-state index contributed by atoms with van der Waals surface area (Å²) in [6.45, 7) is 3.68. The van der Waals surface area contributed by atoms with E-state index in [2.05, 4.69) is 6.58 Å². The zero-order valence-corrected chi connectivity index (χ0v) is 13.3. The fourth-order valence-electron chi connectivity index (χ4n) is 2.11. The van der Waals surface area contributed by atoms with E-state index in [0.717, 1.165) is 16.8 Å². The second kappa shape index (κ2) is 7.24. The Kier molecular flexibility index (Phi) is 5.11. The number of anilines is 1. The van der Waals surface area contributed by atoms with Crippen molar-refractivity contribution in [2.75, 3.05) is 19.0 Å². The molecule has 3 nitrogen and oxygen atoms in total. The lowest BCUT2D eigenvalue weighted by Gasteiger charge is -2.11. The van der Waals surface area contributed by atoms with E-state index in [-0.39, 0.29) is 11.4 Å². The monoisotopic (exact) mass is 302 g/mol. The molecule has 2 rings (SSSR count). The first-order valence-corrected chi connectivity index (χ1v) is 7.21. The summed E-state index contributed by atoms with van der Waals surface area (Å²) >= 11 is 0. The quantitative estimate of drug-likeness (QED) is 0.472. The summed E-state index contributed by atoms with van der Waals surface area (Å²) in [6.07, 6.45) is 3.32. The number of carbonyl (C=O) groups excluding carboxylic acids is 1. The van der Waals surface area contributed by atoms with E-state index in [1.807, 2.05) is 49.3 Å². The van der Waals surface area contributed by atoms with E-state index in [1.54, 1.807) is 36.4 Å². The van der Waals surface area contributed by atoms with Gasteiger partial charge in [-0.05, 0) is 29.3 Å². The lowest BCUT2D eigenvalue weighted by atomic mass is 10.0. The summed E-state index contributed by atoms with van der Waals surface area (Å²) in [5, 5.41) is 9.30. The van der Waals surface area contributed by atoms with Gasteiger partial charge in [-0.1, -0.05) is 49.1 Å². The highest BCUT2D eigenvalue weighted by molar-refractivity contribution is 6.14. The topological polar surface area (TPSA) is 44.1 Å². The van der Waals surface area contributed by atoms with E-state index < -0.39 is 0 Å². The van der Waals surface area contributed by atoms with Crippen LogP contribution in [0.25, 0.3) is 12.2 Å². The van der Waals surface area contributed by atoms with Crippen molar-refractivity contribution in [1.82, 2.24) is 0 Å². The van der Waals surface area contributed by atoms with Crippen LogP contribution in [0.1, 0.15) is 21.5 Å². The highest BCUT2D eigenvalue weighted by atomic mass is 16.1. The van der Waals surface area contributed by atoms with Gasteiger partial charge in [-0.15, -0.1) is 0 Å². The Morgan fingerprint density at radius 1 is 1.04 bits per heavy atom. The van der Waals surface area contributed by atoms with Crippen LogP contribution in [0.15, 0.2) is 60.7 Å². The molecule has 0 N–H and O–H groups in total. The van der Waals surface area contributed by atoms with Crippen molar-refractivity contribution in [3.8, 4) is 6.07 Å². The molecule has 0 spiro atoms. The molecule has 0 bridgehead atoms. The first-order chi connectivity index (χ1) is 11.0. The number of hydrogen-bond acceptors (Lipinski definition) is 3. The molecule has 0 radical (unpaired) electrons. The van der Waals surface area contributed by atoms with Gasteiger partial charge in [0, 0.05) is 25.3 Å². The molecule has 2 aromatic carbocycles. The molecule has 23 heavy (non-hydrogen) atoms. The number of ketones is 1. The summed E-state index contributed by atoms with van der Waals surface area (Å²) in [5.41, 5.74) is 3.43. The van der Waals surface area contributed by atoms with Crippen LogP contribution in [0.3, 0.4) is 0 Å². The number of hydrogen-bond donors (Lipinski definition) is 0. The van der Waals surface area contributed by atoms with Crippen molar-refractivity contribution < 1.29 is 4.79 Å². The van der Waals surface area contributed by atoms with Crippen LogP contribution in [0.5, 0.6) is 0 Å². The minimum Gasteiger partial charge on any atom is -0.378 e. The third kappa shape index (κ3) is 3.96. The molecule has 0 amide bonds. The van der Waals surface area contributed by atoms with Crippen LogP contribution in [-0.2, 0) is 0 Å². The van der Waals surface area contributed by atoms with Gasteiger partial charge in [0.25, 0.3) is 0 Å². The molecule has 0 aliphatic rings. The Labute approximate surface area is 136 Å². The number of allylic oxidation sites excluding steroid dienone is 1. The van der Waals surface area contributed by atoms with Crippen molar-refractivity contribution >= 4 is 23.6 Å². The van der Waals surface area contributed by atoms with Crippen LogP contribution in [0.4, 0.5) is 5.69 Å². The maximum Gasteiger partial charge on any atom is 0.203 e. The van der Waals surface area contributed by atoms with Crippen molar-refractivity contribution in [2.45, 2.75) is 0 Å². The van der Waals surface area contributed by atoms with Crippen LogP contribution in [-0.4, -0.2) is 19.9 Å². The van der Waals surface area contributed by atoms with Gasteiger partial charge >= 0.3 is 0 Å². The fourth-order valence-corrected chi connectivity index (χ4v) is 2.11. The molecule has 2 aromatic rings. The molecule has 0 unspecified atom stereocenters. The van der Waals surface area contributed by atoms with Gasteiger partial charge in [-0.2, -0.15) is 5.26 Å². The molecular weight excluding hydrogens is 284 g/mol. The molecule has 0 aliphatic heterocycles. The summed E-state index contributed by atoms with van der Waals surface area (Å²) in [4.78, 5) is 14.4. The lowest BCUT2D eigenvalue weighted by molar-refractivity contribution is 0.104. The summed E-state index contributed by atoms with van der Waals surface area (Å²) in [7, 11) is 3.92. The Balaban J connectivity index is 2.28. The zero-order valence-electron chi connectivity index (χ0n) is 13.3. The smallest absolute Gasteiger partial charge is 0.203 e. The fraction of sp³-hybridized carbons (Fsp3) is 0.100. The molecule has 0 fully saturated rings. The van der Waals surface area contributed by atoms with Crippen LogP contribution >= 0.6 is 0 Å². The largest absolute Gasteiger partial charge is 0.378 e. The maximum atomic E-state index is 12.4. The molecule has 0 saturated heterocycles. The summed E-state index contributed by atoms with van der Waals surface area (Å²) in [5.74, 6) is -0.278. The Bertz CT molecular complexity index is 776. The Hall–Kier alpha value is -3.12. The van der Waals surface area contributed by atoms with Gasteiger partial charge in [0.2, 0.25) is 5.78 Å². The van der Waals surface area contributed by atoms with Crippen LogP contribution in [0, 0.1) is 11.3 Å². The van der Waals surface area contributed by atoms with Gasteiger partial charge in [0.15, 0.2) is 0 Å². The molecule has 0 saturated carbocycles. The lowest BCUT2D eigenvalue weighted by Crippen LogP contribution is -2.08. The standard InChI is InChI=1S/C20H18N2O/c1-4-15-5-9-17(10-6-15)20(23)18(14-21)13-16-7-11-19(12-8-16)22(2)3/h4-13H,1H2,2-3H3. The van der Waals surface area contributed by atoms with E-state index in [4.69, 9.17) is 0 Å². The first-order valence-electron chi connectivity index (χ1n) is 7.21. The number of Topliss-reactive ketones (excluding diaryl/α,β-unsaturated/α-hetero) is 1. The predicted octanol–water partition coefficient (Wildman–Crippen LogP) is 4.19. The van der Waals surface area contributed by atoms with Crippen molar-refractivity contribution in [1.29, 1.82) is 5.26 Å². The Morgan fingerprint density at radius 2 is 1.61 bits per heavy atom. The third-order valence-corrected chi connectivity index (χ3v) is 3.49. The molecule has 0 heterocycles.